The van der Waals surface area contributed by atoms with E-state index >= 15 is 0 Å². The lowest BCUT2D eigenvalue weighted by molar-refractivity contribution is 0.464. The van der Waals surface area contributed by atoms with Gasteiger partial charge in [-0.1, -0.05) is 5.92 Å². The zero-order valence-electron chi connectivity index (χ0n) is 12.7. The van der Waals surface area contributed by atoms with Gasteiger partial charge in [0.1, 0.15) is 11.5 Å². The van der Waals surface area contributed by atoms with E-state index in [2.05, 4.69) is 38.8 Å². The van der Waals surface area contributed by atoms with E-state index in [9.17, 15) is 0 Å². The van der Waals surface area contributed by atoms with Gasteiger partial charge in [-0.05, 0) is 57.1 Å². The number of hydrogen-bond donors (Lipinski definition) is 0. The van der Waals surface area contributed by atoms with Gasteiger partial charge in [0.05, 0.1) is 5.01 Å². The molecule has 2 bridgehead atoms. The van der Waals surface area contributed by atoms with Gasteiger partial charge in [0.15, 0.2) is 0 Å². The summed E-state index contributed by atoms with van der Waals surface area (Å²) in [6.07, 6.45) is 8.58. The van der Waals surface area contributed by atoms with Crippen molar-refractivity contribution in [3.8, 4) is 11.8 Å². The number of thiazole rings is 1. The van der Waals surface area contributed by atoms with Crippen LogP contribution in [-0.4, -0.2) is 22.1 Å². The van der Waals surface area contributed by atoms with Crippen molar-refractivity contribution in [2.75, 3.05) is 4.90 Å². The average molecular weight is 309 g/mol. The Balaban J connectivity index is 1.53. The Hall–Kier alpha value is -1.86. The topological polar surface area (TPSA) is 29.0 Å². The second-order valence-corrected chi connectivity index (χ2v) is 7.19. The maximum absolute atomic E-state index is 4.67. The van der Waals surface area contributed by atoms with Crippen LogP contribution in [0.4, 0.5) is 5.82 Å². The molecule has 2 aliphatic rings. The van der Waals surface area contributed by atoms with Gasteiger partial charge < -0.3 is 4.90 Å². The number of aromatic nitrogens is 2. The van der Waals surface area contributed by atoms with E-state index in [1.807, 2.05) is 18.5 Å². The minimum atomic E-state index is 0.709. The predicted molar refractivity (Wildman–Crippen MR) is 90.2 cm³/mol. The first-order valence-electron chi connectivity index (χ1n) is 7.98. The fourth-order valence-corrected chi connectivity index (χ4v) is 4.21. The van der Waals surface area contributed by atoms with Crippen molar-refractivity contribution in [1.29, 1.82) is 0 Å². The Labute approximate surface area is 135 Å². The highest BCUT2D eigenvalue weighted by atomic mass is 32.1. The molecule has 112 valence electrons. The number of piperidine rings is 1. The quantitative estimate of drug-likeness (QED) is 0.751. The Morgan fingerprint density at radius 2 is 1.95 bits per heavy atom. The van der Waals surface area contributed by atoms with Gasteiger partial charge in [-0.2, -0.15) is 0 Å². The highest BCUT2D eigenvalue weighted by Crippen LogP contribution is 2.38. The van der Waals surface area contributed by atoms with Crippen molar-refractivity contribution in [1.82, 2.24) is 9.97 Å². The van der Waals surface area contributed by atoms with Crippen molar-refractivity contribution in [3.05, 3.63) is 40.0 Å². The molecule has 3 nitrogen and oxygen atoms in total. The summed E-state index contributed by atoms with van der Waals surface area (Å²) in [4.78, 5) is 11.6. The fraction of sp³-hybridized carbons (Fsp3) is 0.444. The number of anilines is 1. The molecular formula is C18H19N3S. The molecule has 2 unspecified atom stereocenters. The molecule has 0 saturated carbocycles. The maximum Gasteiger partial charge on any atom is 0.129 e. The maximum atomic E-state index is 4.67. The number of nitrogens with zero attached hydrogens (tertiary/aromatic N) is 3. The van der Waals surface area contributed by atoms with Crippen LogP contribution in [0.5, 0.6) is 0 Å². The van der Waals surface area contributed by atoms with E-state index in [0.29, 0.717) is 12.1 Å². The number of rotatable bonds is 1. The van der Waals surface area contributed by atoms with Gasteiger partial charge in [-0.3, -0.25) is 0 Å². The van der Waals surface area contributed by atoms with Crippen LogP contribution < -0.4 is 4.90 Å². The molecule has 2 aliphatic heterocycles. The Morgan fingerprint density at radius 1 is 1.14 bits per heavy atom. The molecule has 2 atom stereocenters. The van der Waals surface area contributed by atoms with Crippen LogP contribution >= 0.6 is 11.3 Å². The molecule has 0 amide bonds. The van der Waals surface area contributed by atoms with Crippen molar-refractivity contribution in [3.63, 3.8) is 0 Å². The minimum Gasteiger partial charge on any atom is -0.351 e. The molecule has 2 aromatic rings. The molecule has 0 N–H and O–H groups in total. The van der Waals surface area contributed by atoms with E-state index in [4.69, 9.17) is 0 Å². The summed E-state index contributed by atoms with van der Waals surface area (Å²) < 4.78 is 0. The Kier molecular flexibility index (Phi) is 3.59. The summed E-state index contributed by atoms with van der Waals surface area (Å²) >= 11 is 1.63. The first-order chi connectivity index (χ1) is 10.8. The highest BCUT2D eigenvalue weighted by molar-refractivity contribution is 7.09. The number of fused-ring (bicyclic) bond motifs is 2. The van der Waals surface area contributed by atoms with Crippen molar-refractivity contribution in [2.24, 2.45) is 0 Å². The molecule has 2 saturated heterocycles. The molecule has 22 heavy (non-hydrogen) atoms. The normalized spacial score (nSPS) is 23.2. The first kappa shape index (κ1) is 13.8. The first-order valence-corrected chi connectivity index (χ1v) is 8.86. The Morgan fingerprint density at radius 3 is 2.59 bits per heavy atom. The van der Waals surface area contributed by atoms with Crippen molar-refractivity contribution >= 4 is 17.2 Å². The minimum absolute atomic E-state index is 0.709. The van der Waals surface area contributed by atoms with E-state index in [-0.39, 0.29) is 0 Å². The molecule has 0 aliphatic carbocycles. The van der Waals surface area contributed by atoms with Crippen LogP contribution in [0.3, 0.4) is 0 Å². The van der Waals surface area contributed by atoms with Gasteiger partial charge in [-0.15, -0.1) is 11.3 Å². The largest absolute Gasteiger partial charge is 0.351 e. The molecule has 0 aromatic carbocycles. The third-order valence-electron chi connectivity index (χ3n) is 4.66. The molecule has 0 spiro atoms. The van der Waals surface area contributed by atoms with Crippen LogP contribution in [0.1, 0.15) is 48.4 Å². The molecule has 0 radical (unpaired) electrons. The summed E-state index contributed by atoms with van der Waals surface area (Å²) in [5.41, 5.74) is 1.81. The van der Waals surface area contributed by atoms with Crippen LogP contribution in [0.2, 0.25) is 0 Å². The van der Waals surface area contributed by atoms with Crippen LogP contribution in [0.15, 0.2) is 23.7 Å². The molecule has 2 fully saturated rings. The highest BCUT2D eigenvalue weighted by Gasteiger charge is 2.36. The second-order valence-electron chi connectivity index (χ2n) is 6.13. The third-order valence-corrected chi connectivity index (χ3v) is 5.43. The summed E-state index contributed by atoms with van der Waals surface area (Å²) in [6, 6.07) is 5.64. The van der Waals surface area contributed by atoms with E-state index in [1.165, 1.54) is 32.1 Å². The SMILES string of the molecule is Cc1nc(C#Cc2ccc(N3C4CCCC3CC4)nc2)cs1. The average Bonchev–Trinajstić information content (AvgIpc) is 3.06. The zero-order valence-corrected chi connectivity index (χ0v) is 13.6. The van der Waals surface area contributed by atoms with E-state index in [0.717, 1.165) is 22.1 Å². The van der Waals surface area contributed by atoms with Crippen LogP contribution in [0, 0.1) is 18.8 Å². The molecule has 4 heteroatoms. The summed E-state index contributed by atoms with van der Waals surface area (Å²) in [5.74, 6) is 7.39. The molecule has 4 heterocycles. The number of hydrogen-bond acceptors (Lipinski definition) is 4. The predicted octanol–water partition coefficient (Wildman–Crippen LogP) is 3.77. The standard InChI is InChI=1S/C18H19N3S/c1-13-20-15(12-22-13)7-5-14-6-10-18(19-11-14)21-16-3-2-4-17(21)9-8-16/h6,10-12,16-17H,2-4,8-9H2,1H3. The van der Waals surface area contributed by atoms with E-state index < -0.39 is 0 Å². The van der Waals surface area contributed by atoms with Gasteiger partial charge in [0.25, 0.3) is 0 Å². The lowest BCUT2D eigenvalue weighted by atomic mass is 10.0. The van der Waals surface area contributed by atoms with Gasteiger partial charge in [-0.25, -0.2) is 9.97 Å². The monoisotopic (exact) mass is 309 g/mol. The summed E-state index contributed by atoms with van der Waals surface area (Å²) in [7, 11) is 0. The summed E-state index contributed by atoms with van der Waals surface area (Å²) in [6.45, 7) is 2.00. The van der Waals surface area contributed by atoms with Gasteiger partial charge >= 0.3 is 0 Å². The molecule has 4 rings (SSSR count). The zero-order chi connectivity index (χ0) is 14.9. The number of pyridine rings is 1. The number of aryl methyl sites for hydroxylation is 1. The molecule has 2 aromatic heterocycles. The summed E-state index contributed by atoms with van der Waals surface area (Å²) in [5, 5.41) is 3.05. The lowest BCUT2D eigenvalue weighted by Crippen LogP contribution is -2.40. The fourth-order valence-electron chi connectivity index (χ4n) is 3.66. The van der Waals surface area contributed by atoms with Crippen molar-refractivity contribution in [2.45, 2.75) is 51.1 Å². The van der Waals surface area contributed by atoms with Crippen LogP contribution in [-0.2, 0) is 0 Å². The Bertz CT molecular complexity index is 707. The molecular weight excluding hydrogens is 290 g/mol. The van der Waals surface area contributed by atoms with Crippen LogP contribution in [0.25, 0.3) is 0 Å². The second kappa shape index (κ2) is 5.73. The van der Waals surface area contributed by atoms with Gasteiger partial charge in [0.2, 0.25) is 0 Å². The van der Waals surface area contributed by atoms with Gasteiger partial charge in [0, 0.05) is 29.2 Å². The smallest absolute Gasteiger partial charge is 0.129 e. The third kappa shape index (κ3) is 2.62. The van der Waals surface area contributed by atoms with E-state index in [1.54, 1.807) is 11.3 Å². The van der Waals surface area contributed by atoms with Crippen molar-refractivity contribution < 1.29 is 0 Å². The lowest BCUT2D eigenvalue weighted by Gasteiger charge is -2.35.